The van der Waals surface area contributed by atoms with E-state index in [1.54, 1.807) is 0 Å². The van der Waals surface area contributed by atoms with Crippen LogP contribution in [0, 0.1) is 5.92 Å². The van der Waals surface area contributed by atoms with Crippen LogP contribution in [0.2, 0.25) is 0 Å². The first kappa shape index (κ1) is 12.2. The molecule has 0 saturated heterocycles. The Hall–Kier alpha value is -0.820. The molecule has 0 amide bonds. The minimum absolute atomic E-state index is 0.154. The second kappa shape index (κ2) is 4.38. The van der Waals surface area contributed by atoms with Crippen LogP contribution in [0.25, 0.3) is 0 Å². The molecule has 1 aromatic heterocycles. The quantitative estimate of drug-likeness (QED) is 0.834. The van der Waals surface area contributed by atoms with Crippen molar-refractivity contribution in [3.05, 3.63) is 0 Å². The number of nitrogen functional groups attached to an aromatic ring is 1. The maximum Gasteiger partial charge on any atom is 0.187 e. The molecule has 3 rings (SSSR count). The lowest BCUT2D eigenvalue weighted by Crippen LogP contribution is -2.12. The second-order valence-electron chi connectivity index (χ2n) is 5.13. The third kappa shape index (κ3) is 2.33. The molecule has 5 nitrogen and oxygen atoms in total. The van der Waals surface area contributed by atoms with Crippen molar-refractivity contribution < 1.29 is 8.42 Å². The summed E-state index contributed by atoms with van der Waals surface area (Å²) in [7, 11) is -3.26. The zero-order valence-electron chi connectivity index (χ0n) is 10.1. The Morgan fingerprint density at radius 2 is 2.06 bits per heavy atom. The third-order valence-corrected chi connectivity index (χ3v) is 6.74. The van der Waals surface area contributed by atoms with Gasteiger partial charge in [0.2, 0.25) is 0 Å². The molecule has 0 radical (unpaired) electrons. The predicted molar refractivity (Wildman–Crippen MR) is 72.6 cm³/mol. The molecule has 0 atom stereocenters. The summed E-state index contributed by atoms with van der Waals surface area (Å²) in [5, 5.41) is 3.58. The monoisotopic (exact) mass is 287 g/mol. The summed E-state index contributed by atoms with van der Waals surface area (Å²) in [6, 6.07) is 0. The minimum atomic E-state index is -3.26. The number of sulfone groups is 1. The van der Waals surface area contributed by atoms with Crippen molar-refractivity contribution in [2.45, 2.75) is 42.2 Å². The van der Waals surface area contributed by atoms with E-state index in [1.165, 1.54) is 12.8 Å². The molecule has 100 valence electrons. The molecule has 0 aliphatic heterocycles. The fraction of sp³-hybridized carbons (Fsp3) is 0.727. The summed E-state index contributed by atoms with van der Waals surface area (Å²) in [6.07, 6.45) is 5.21. The minimum Gasteiger partial charge on any atom is -0.382 e. The molecule has 2 aliphatic carbocycles. The van der Waals surface area contributed by atoms with Crippen LogP contribution in [0.4, 0.5) is 10.8 Å². The number of anilines is 2. The molecule has 0 spiro atoms. The van der Waals surface area contributed by atoms with Crippen LogP contribution in [0.1, 0.15) is 32.1 Å². The highest BCUT2D eigenvalue weighted by molar-refractivity contribution is 7.92. The second-order valence-corrected chi connectivity index (χ2v) is 8.07. The average molecular weight is 287 g/mol. The maximum absolute atomic E-state index is 12.3. The summed E-state index contributed by atoms with van der Waals surface area (Å²) in [5.41, 5.74) is 5.72. The number of nitrogens with two attached hydrogens (primary N) is 1. The molecule has 0 aromatic carbocycles. The lowest BCUT2D eigenvalue weighted by Gasteiger charge is -2.07. The zero-order valence-corrected chi connectivity index (χ0v) is 11.7. The van der Waals surface area contributed by atoms with Crippen molar-refractivity contribution >= 4 is 32.2 Å². The van der Waals surface area contributed by atoms with Crippen LogP contribution in [-0.2, 0) is 9.84 Å². The molecule has 2 fully saturated rings. The Morgan fingerprint density at radius 1 is 1.33 bits per heavy atom. The van der Waals surface area contributed by atoms with Gasteiger partial charge in [-0.15, -0.1) is 0 Å². The van der Waals surface area contributed by atoms with Gasteiger partial charge in [0.25, 0.3) is 0 Å². The smallest absolute Gasteiger partial charge is 0.187 e. The third-order valence-electron chi connectivity index (χ3n) is 3.46. The molecule has 0 unspecified atom stereocenters. The Balaban J connectivity index is 1.77. The molecule has 0 bridgehead atoms. The van der Waals surface area contributed by atoms with Gasteiger partial charge >= 0.3 is 0 Å². The fourth-order valence-corrected chi connectivity index (χ4v) is 4.93. The van der Waals surface area contributed by atoms with Crippen LogP contribution in [0.3, 0.4) is 0 Å². The molecule has 2 aliphatic rings. The van der Waals surface area contributed by atoms with E-state index in [4.69, 9.17) is 5.73 Å². The SMILES string of the molecule is Nc1nsc(NCCC2CC2)c1S(=O)(=O)C1CC1. The first-order chi connectivity index (χ1) is 8.59. The molecule has 18 heavy (non-hydrogen) atoms. The van der Waals surface area contributed by atoms with Gasteiger partial charge in [-0.05, 0) is 36.7 Å². The summed E-state index contributed by atoms with van der Waals surface area (Å²) in [4.78, 5) is 0.241. The number of nitrogens with zero attached hydrogens (tertiary/aromatic N) is 1. The number of aromatic nitrogens is 1. The highest BCUT2D eigenvalue weighted by atomic mass is 32.2. The van der Waals surface area contributed by atoms with E-state index < -0.39 is 9.84 Å². The predicted octanol–water partition coefficient (Wildman–Crippen LogP) is 1.87. The van der Waals surface area contributed by atoms with Crippen LogP contribution in [0.15, 0.2) is 4.90 Å². The van der Waals surface area contributed by atoms with Crippen LogP contribution in [-0.4, -0.2) is 24.6 Å². The maximum atomic E-state index is 12.3. The van der Waals surface area contributed by atoms with Crippen molar-refractivity contribution in [3.8, 4) is 0 Å². The number of hydrogen-bond acceptors (Lipinski definition) is 6. The van der Waals surface area contributed by atoms with Crippen LogP contribution < -0.4 is 11.1 Å². The molecule has 7 heteroatoms. The van der Waals surface area contributed by atoms with E-state index in [-0.39, 0.29) is 16.0 Å². The van der Waals surface area contributed by atoms with Crippen LogP contribution in [0.5, 0.6) is 0 Å². The number of rotatable bonds is 6. The van der Waals surface area contributed by atoms with Gasteiger partial charge < -0.3 is 11.1 Å². The number of nitrogens with one attached hydrogen (secondary N) is 1. The molecule has 3 N–H and O–H groups in total. The highest BCUT2D eigenvalue weighted by Crippen LogP contribution is 2.41. The summed E-state index contributed by atoms with van der Waals surface area (Å²) < 4.78 is 28.5. The van der Waals surface area contributed by atoms with E-state index in [2.05, 4.69) is 9.69 Å². The summed E-state index contributed by atoms with van der Waals surface area (Å²) >= 11 is 1.16. The lowest BCUT2D eigenvalue weighted by molar-refractivity contribution is 0.595. The first-order valence-corrected chi connectivity index (χ1v) is 8.64. The van der Waals surface area contributed by atoms with E-state index >= 15 is 0 Å². The summed E-state index contributed by atoms with van der Waals surface area (Å²) in [6.45, 7) is 0.805. The van der Waals surface area contributed by atoms with E-state index in [0.717, 1.165) is 43.3 Å². The van der Waals surface area contributed by atoms with Gasteiger partial charge in [-0.3, -0.25) is 0 Å². The van der Waals surface area contributed by atoms with Gasteiger partial charge in [0.05, 0.1) is 5.25 Å². The fourth-order valence-electron chi connectivity index (χ4n) is 2.02. The van der Waals surface area contributed by atoms with Crippen molar-refractivity contribution in [2.75, 3.05) is 17.6 Å². The van der Waals surface area contributed by atoms with Gasteiger partial charge in [-0.1, -0.05) is 12.8 Å². The Labute approximate surface area is 111 Å². The molecule has 1 heterocycles. The number of hydrogen-bond donors (Lipinski definition) is 2. The topological polar surface area (TPSA) is 85.1 Å². The highest BCUT2D eigenvalue weighted by Gasteiger charge is 2.40. The van der Waals surface area contributed by atoms with Gasteiger partial charge in [0.1, 0.15) is 9.90 Å². The van der Waals surface area contributed by atoms with E-state index in [0.29, 0.717) is 5.00 Å². The van der Waals surface area contributed by atoms with Crippen LogP contribution >= 0.6 is 11.5 Å². The average Bonchev–Trinajstić information content (AvgIpc) is 3.18. The molecule has 2 saturated carbocycles. The summed E-state index contributed by atoms with van der Waals surface area (Å²) in [5.74, 6) is 0.979. The Kier molecular flexibility index (Phi) is 2.97. The Bertz CT molecular complexity index is 545. The first-order valence-electron chi connectivity index (χ1n) is 6.32. The van der Waals surface area contributed by atoms with E-state index in [1.807, 2.05) is 0 Å². The van der Waals surface area contributed by atoms with E-state index in [9.17, 15) is 8.42 Å². The van der Waals surface area contributed by atoms with Gasteiger partial charge in [-0.2, -0.15) is 4.37 Å². The van der Waals surface area contributed by atoms with Gasteiger partial charge in [-0.25, -0.2) is 8.42 Å². The molecular formula is C11H17N3O2S2. The molecule has 1 aromatic rings. The standard InChI is InChI=1S/C11H17N3O2S2/c12-10-9(18(15,16)8-3-4-8)11(17-14-10)13-6-5-7-1-2-7/h7-8,13H,1-6H2,(H2,12,14). The normalized spacial score (nSPS) is 20.0. The van der Waals surface area contributed by atoms with Crippen molar-refractivity contribution in [1.82, 2.24) is 4.37 Å². The van der Waals surface area contributed by atoms with Gasteiger partial charge in [0, 0.05) is 6.54 Å². The largest absolute Gasteiger partial charge is 0.382 e. The van der Waals surface area contributed by atoms with Gasteiger partial charge in [0.15, 0.2) is 15.7 Å². The Morgan fingerprint density at radius 3 is 2.67 bits per heavy atom. The lowest BCUT2D eigenvalue weighted by atomic mass is 10.3. The van der Waals surface area contributed by atoms with Crippen molar-refractivity contribution in [1.29, 1.82) is 0 Å². The molecular weight excluding hydrogens is 270 g/mol. The van der Waals surface area contributed by atoms with Crippen molar-refractivity contribution in [2.24, 2.45) is 5.92 Å². The van der Waals surface area contributed by atoms with Crippen molar-refractivity contribution in [3.63, 3.8) is 0 Å². The zero-order chi connectivity index (χ0) is 12.8.